The Morgan fingerprint density at radius 3 is 2.76 bits per heavy atom. The summed E-state index contributed by atoms with van der Waals surface area (Å²) in [5, 5.41) is 4.66. The first-order valence-corrected chi connectivity index (χ1v) is 7.44. The van der Waals surface area contributed by atoms with E-state index in [1.54, 1.807) is 18.2 Å². The van der Waals surface area contributed by atoms with Crippen molar-refractivity contribution in [2.45, 2.75) is 12.5 Å². The van der Waals surface area contributed by atoms with E-state index in [1.807, 2.05) is 17.0 Å². The number of hydrogen-bond donors (Lipinski definition) is 1. The minimum absolute atomic E-state index is 0.0161. The Morgan fingerprint density at radius 2 is 1.95 bits per heavy atom. The van der Waals surface area contributed by atoms with Crippen LogP contribution in [0.1, 0.15) is 16.8 Å². The van der Waals surface area contributed by atoms with Crippen molar-refractivity contribution in [2.24, 2.45) is 5.92 Å². The first-order chi connectivity index (χ1) is 10.2. The zero-order chi connectivity index (χ0) is 14.4. The molecule has 0 bridgehead atoms. The zero-order valence-electron chi connectivity index (χ0n) is 11.7. The number of halogens is 1. The number of amides is 1. The Bertz CT molecular complexity index is 703. The molecule has 4 heteroatoms. The maximum Gasteiger partial charge on any atom is 0.254 e. The van der Waals surface area contributed by atoms with E-state index in [2.05, 4.69) is 5.32 Å². The lowest BCUT2D eigenvalue weighted by atomic mass is 10.0. The third-order valence-electron chi connectivity index (χ3n) is 4.75. The van der Waals surface area contributed by atoms with Gasteiger partial charge in [0.25, 0.3) is 5.91 Å². The molecule has 1 N–H and O–H groups in total. The van der Waals surface area contributed by atoms with Gasteiger partial charge in [0.05, 0.1) is 0 Å². The number of carbonyl (C=O) groups excluding carboxylic acids is 1. The Morgan fingerprint density at radius 1 is 1.14 bits per heavy atom. The van der Waals surface area contributed by atoms with Gasteiger partial charge < -0.3 is 10.2 Å². The van der Waals surface area contributed by atoms with Gasteiger partial charge in [-0.15, -0.1) is 0 Å². The van der Waals surface area contributed by atoms with Crippen molar-refractivity contribution >= 4 is 16.7 Å². The average Bonchev–Trinajstić information content (AvgIpc) is 3.08. The topological polar surface area (TPSA) is 32.3 Å². The summed E-state index contributed by atoms with van der Waals surface area (Å²) < 4.78 is 13.9. The van der Waals surface area contributed by atoms with E-state index in [4.69, 9.17) is 0 Å². The number of nitrogens with zero attached hydrogens (tertiary/aromatic N) is 1. The minimum atomic E-state index is -0.276. The molecule has 2 atom stereocenters. The molecule has 0 unspecified atom stereocenters. The smallest absolute Gasteiger partial charge is 0.254 e. The van der Waals surface area contributed by atoms with Crippen LogP contribution in [0.25, 0.3) is 10.8 Å². The van der Waals surface area contributed by atoms with Gasteiger partial charge in [-0.3, -0.25) is 4.79 Å². The maximum atomic E-state index is 13.9. The number of fused-ring (bicyclic) bond motifs is 2. The van der Waals surface area contributed by atoms with Crippen molar-refractivity contribution in [1.29, 1.82) is 0 Å². The van der Waals surface area contributed by atoms with Crippen LogP contribution >= 0.6 is 0 Å². The Hall–Kier alpha value is -1.94. The van der Waals surface area contributed by atoms with Crippen molar-refractivity contribution in [3.05, 3.63) is 47.8 Å². The molecular weight excluding hydrogens is 267 g/mol. The lowest BCUT2D eigenvalue weighted by molar-refractivity contribution is 0.0784. The molecule has 21 heavy (non-hydrogen) atoms. The largest absolute Gasteiger partial charge is 0.337 e. The molecule has 1 amide bonds. The van der Waals surface area contributed by atoms with E-state index >= 15 is 0 Å². The summed E-state index contributed by atoms with van der Waals surface area (Å²) in [6.45, 7) is 2.62. The second-order valence-electron chi connectivity index (χ2n) is 5.96. The first kappa shape index (κ1) is 12.8. The molecule has 2 heterocycles. The van der Waals surface area contributed by atoms with Crippen molar-refractivity contribution in [3.8, 4) is 0 Å². The van der Waals surface area contributed by atoms with E-state index in [9.17, 15) is 9.18 Å². The Kier molecular flexibility index (Phi) is 2.93. The van der Waals surface area contributed by atoms with E-state index in [1.165, 1.54) is 6.07 Å². The van der Waals surface area contributed by atoms with Gasteiger partial charge in [-0.1, -0.05) is 24.3 Å². The third-order valence-corrected chi connectivity index (χ3v) is 4.75. The van der Waals surface area contributed by atoms with E-state index in [-0.39, 0.29) is 11.7 Å². The highest BCUT2D eigenvalue weighted by molar-refractivity contribution is 6.07. The fourth-order valence-corrected chi connectivity index (χ4v) is 3.63. The second kappa shape index (κ2) is 4.81. The molecule has 3 nitrogen and oxygen atoms in total. The van der Waals surface area contributed by atoms with Crippen molar-refractivity contribution in [1.82, 2.24) is 10.2 Å². The molecule has 0 saturated carbocycles. The summed E-state index contributed by atoms with van der Waals surface area (Å²) in [4.78, 5) is 14.7. The summed E-state index contributed by atoms with van der Waals surface area (Å²) in [7, 11) is 0. The van der Waals surface area contributed by atoms with E-state index in [0.717, 1.165) is 26.1 Å². The van der Waals surface area contributed by atoms with Crippen LogP contribution in [0.5, 0.6) is 0 Å². The molecule has 2 saturated heterocycles. The average molecular weight is 284 g/mol. The second-order valence-corrected chi connectivity index (χ2v) is 5.96. The molecule has 2 fully saturated rings. The predicted octanol–water partition coefficient (Wildman–Crippen LogP) is 2.41. The molecule has 0 aromatic heterocycles. The molecule has 0 spiro atoms. The molecule has 2 aliphatic heterocycles. The molecular formula is C17H17FN2O. The van der Waals surface area contributed by atoms with Crippen LogP contribution in [0.3, 0.4) is 0 Å². The Balaban J connectivity index is 1.70. The molecule has 4 rings (SSSR count). The highest BCUT2D eigenvalue weighted by Crippen LogP contribution is 2.28. The molecule has 2 aromatic carbocycles. The van der Waals surface area contributed by atoms with Crippen LogP contribution < -0.4 is 5.32 Å². The SMILES string of the molecule is O=C(c1ccc(F)c2ccccc12)N1C[C@@H]2CCN[C@@H]2C1. The summed E-state index contributed by atoms with van der Waals surface area (Å²) in [5.74, 6) is 0.310. The minimum Gasteiger partial charge on any atom is -0.337 e. The number of rotatable bonds is 1. The number of likely N-dealkylation sites (tertiary alicyclic amines) is 1. The van der Waals surface area contributed by atoms with Gasteiger partial charge >= 0.3 is 0 Å². The fraction of sp³-hybridized carbons (Fsp3) is 0.353. The van der Waals surface area contributed by atoms with Crippen LogP contribution in [0.2, 0.25) is 0 Å². The van der Waals surface area contributed by atoms with Crippen molar-refractivity contribution in [2.75, 3.05) is 19.6 Å². The summed E-state index contributed by atoms with van der Waals surface area (Å²) >= 11 is 0. The van der Waals surface area contributed by atoms with Crippen molar-refractivity contribution in [3.63, 3.8) is 0 Å². The van der Waals surface area contributed by atoms with Gasteiger partial charge in [0.15, 0.2) is 0 Å². The number of hydrogen-bond acceptors (Lipinski definition) is 2. The fourth-order valence-electron chi connectivity index (χ4n) is 3.63. The van der Waals surface area contributed by atoms with Crippen LogP contribution in [0.4, 0.5) is 4.39 Å². The molecule has 2 aromatic rings. The third kappa shape index (κ3) is 2.02. The van der Waals surface area contributed by atoms with E-state index in [0.29, 0.717) is 28.3 Å². The summed E-state index contributed by atoms with van der Waals surface area (Å²) in [6, 6.07) is 10.6. The molecule has 0 aliphatic carbocycles. The van der Waals surface area contributed by atoms with Crippen LogP contribution in [-0.4, -0.2) is 36.5 Å². The van der Waals surface area contributed by atoms with Gasteiger partial charge in [-0.25, -0.2) is 4.39 Å². The molecule has 0 radical (unpaired) electrons. The van der Waals surface area contributed by atoms with Gasteiger partial charge in [0.2, 0.25) is 0 Å². The standard InChI is InChI=1S/C17H17FN2O/c18-15-6-5-14(12-3-1-2-4-13(12)15)17(21)20-9-11-7-8-19-16(11)10-20/h1-6,11,16,19H,7-10H2/t11-,16+/m0/s1. The monoisotopic (exact) mass is 284 g/mol. The highest BCUT2D eigenvalue weighted by atomic mass is 19.1. The lowest BCUT2D eigenvalue weighted by Crippen LogP contribution is -2.34. The normalized spacial score (nSPS) is 24.5. The number of carbonyl (C=O) groups is 1. The van der Waals surface area contributed by atoms with Gasteiger partial charge in [-0.05, 0) is 36.4 Å². The lowest BCUT2D eigenvalue weighted by Gasteiger charge is -2.18. The van der Waals surface area contributed by atoms with Gasteiger partial charge in [0, 0.05) is 30.1 Å². The number of benzene rings is 2. The Labute approximate surface area is 122 Å². The molecule has 2 aliphatic rings. The quantitative estimate of drug-likeness (QED) is 0.872. The van der Waals surface area contributed by atoms with Crippen LogP contribution in [-0.2, 0) is 0 Å². The van der Waals surface area contributed by atoms with Crippen molar-refractivity contribution < 1.29 is 9.18 Å². The summed E-state index contributed by atoms with van der Waals surface area (Å²) in [6.07, 6.45) is 1.14. The van der Waals surface area contributed by atoms with Gasteiger partial charge in [-0.2, -0.15) is 0 Å². The van der Waals surface area contributed by atoms with Crippen LogP contribution in [0, 0.1) is 11.7 Å². The summed E-state index contributed by atoms with van der Waals surface area (Å²) in [5.41, 5.74) is 0.604. The van der Waals surface area contributed by atoms with E-state index < -0.39 is 0 Å². The van der Waals surface area contributed by atoms with Gasteiger partial charge in [0.1, 0.15) is 5.82 Å². The predicted molar refractivity (Wildman–Crippen MR) is 79.7 cm³/mol. The molecule has 108 valence electrons. The maximum absolute atomic E-state index is 13.9. The zero-order valence-corrected chi connectivity index (χ0v) is 11.7. The number of nitrogens with one attached hydrogen (secondary N) is 1. The highest BCUT2D eigenvalue weighted by Gasteiger charge is 2.38. The van der Waals surface area contributed by atoms with Crippen LogP contribution in [0.15, 0.2) is 36.4 Å². The first-order valence-electron chi connectivity index (χ1n) is 7.44.